The zero-order valence-electron chi connectivity index (χ0n) is 32.4. The summed E-state index contributed by atoms with van der Waals surface area (Å²) in [5.74, 6) is 3.31. The maximum absolute atomic E-state index is 13.2. The molecule has 10 atom stereocenters. The Labute approximate surface area is 293 Å². The Morgan fingerprint density at radius 3 is 2.21 bits per heavy atom. The molecule has 5 nitrogen and oxygen atoms in total. The number of allylic oxidation sites excluding steroid dienone is 1. The summed E-state index contributed by atoms with van der Waals surface area (Å²) in [6.45, 7) is 26.1. The molecule has 0 aromatic carbocycles. The van der Waals surface area contributed by atoms with Gasteiger partial charge in [0.05, 0.1) is 12.8 Å². The third-order valence-corrected chi connectivity index (χ3v) is 17.0. The van der Waals surface area contributed by atoms with Gasteiger partial charge in [-0.2, -0.15) is 0 Å². The molecule has 0 radical (unpaired) electrons. The molecule has 6 fully saturated rings. The molecule has 0 amide bonds. The van der Waals surface area contributed by atoms with E-state index in [1.54, 1.807) is 0 Å². The summed E-state index contributed by atoms with van der Waals surface area (Å²) in [7, 11) is 2.38. The minimum absolute atomic E-state index is 0.0244. The van der Waals surface area contributed by atoms with Crippen molar-refractivity contribution in [2.75, 3.05) is 20.1 Å². The summed E-state index contributed by atoms with van der Waals surface area (Å²) in [4.78, 5) is 27.3. The summed E-state index contributed by atoms with van der Waals surface area (Å²) in [6, 6.07) is 0. The molecule has 0 saturated heterocycles. The second kappa shape index (κ2) is 12.4. The number of aliphatic carboxylic acids is 1. The molecule has 5 unspecified atom stereocenters. The Morgan fingerprint density at radius 1 is 0.854 bits per heavy atom. The summed E-state index contributed by atoms with van der Waals surface area (Å²) >= 11 is 0. The van der Waals surface area contributed by atoms with Crippen LogP contribution in [0.25, 0.3) is 0 Å². The Kier molecular flexibility index (Phi) is 9.41. The van der Waals surface area contributed by atoms with Crippen LogP contribution in [0.1, 0.15) is 152 Å². The normalized spacial score (nSPS) is 43.5. The van der Waals surface area contributed by atoms with E-state index in [4.69, 9.17) is 4.74 Å². The molecule has 6 aliphatic carbocycles. The van der Waals surface area contributed by atoms with Crippen molar-refractivity contribution in [3.8, 4) is 0 Å². The van der Waals surface area contributed by atoms with E-state index in [1.807, 2.05) is 13.8 Å². The molecule has 48 heavy (non-hydrogen) atoms. The fraction of sp³-hybridized carbons (Fsp3) is 0.907. The number of fused-ring (bicyclic) bond motifs is 7. The van der Waals surface area contributed by atoms with Gasteiger partial charge in [0.2, 0.25) is 0 Å². The first kappa shape index (κ1) is 36.4. The molecule has 0 spiro atoms. The topological polar surface area (TPSA) is 66.8 Å². The molecular weight excluding hydrogens is 594 g/mol. The fourth-order valence-corrected chi connectivity index (χ4v) is 14.2. The van der Waals surface area contributed by atoms with E-state index in [0.29, 0.717) is 34.0 Å². The average molecular weight is 666 g/mol. The van der Waals surface area contributed by atoms with Crippen LogP contribution in [0, 0.1) is 68.0 Å². The predicted octanol–water partition coefficient (Wildman–Crippen LogP) is 10.2. The van der Waals surface area contributed by atoms with Crippen LogP contribution in [0.4, 0.5) is 0 Å². The number of esters is 1. The number of ether oxygens (including phenoxy) is 1. The lowest BCUT2D eigenvalue weighted by Crippen LogP contribution is -2.66. The number of nitrogens with zero attached hydrogens (tertiary/aromatic N) is 1. The minimum Gasteiger partial charge on any atom is -0.481 e. The highest BCUT2D eigenvalue weighted by molar-refractivity contribution is 5.73. The maximum atomic E-state index is 13.2. The number of carbonyl (C=O) groups excluding carboxylic acids is 1. The van der Waals surface area contributed by atoms with Crippen molar-refractivity contribution in [3.63, 3.8) is 0 Å². The summed E-state index contributed by atoms with van der Waals surface area (Å²) < 4.78 is 6.30. The van der Waals surface area contributed by atoms with Crippen molar-refractivity contribution < 1.29 is 19.4 Å². The SMILES string of the molecule is C=C(C)C1CC[C@]2(CCN(C)CC3CC3)CC[C@]3(C)[C@H](CCC4[C@@]5(C)CCC(OC(=O)CC(C)(C)CC(=O)O)C(C)(C)C5CC[C@]43C)C12. The maximum Gasteiger partial charge on any atom is 0.306 e. The van der Waals surface area contributed by atoms with Crippen LogP contribution in [0.5, 0.6) is 0 Å². The van der Waals surface area contributed by atoms with Crippen LogP contribution in [-0.4, -0.2) is 48.2 Å². The first-order chi connectivity index (χ1) is 22.3. The van der Waals surface area contributed by atoms with Crippen LogP contribution in [0.3, 0.4) is 0 Å². The van der Waals surface area contributed by atoms with Gasteiger partial charge in [0.1, 0.15) is 6.10 Å². The molecule has 0 aliphatic heterocycles. The summed E-state index contributed by atoms with van der Waals surface area (Å²) in [5.41, 5.74) is 2.12. The molecule has 6 aliphatic rings. The first-order valence-electron chi connectivity index (χ1n) is 20.0. The molecule has 6 saturated carbocycles. The Balaban J connectivity index is 1.21. The van der Waals surface area contributed by atoms with Gasteiger partial charge in [-0.15, -0.1) is 0 Å². The highest BCUT2D eigenvalue weighted by Gasteiger charge is 2.71. The van der Waals surface area contributed by atoms with Crippen molar-refractivity contribution in [2.24, 2.45) is 68.0 Å². The van der Waals surface area contributed by atoms with Crippen molar-refractivity contribution in [2.45, 2.75) is 158 Å². The van der Waals surface area contributed by atoms with Gasteiger partial charge in [-0.25, -0.2) is 0 Å². The smallest absolute Gasteiger partial charge is 0.306 e. The predicted molar refractivity (Wildman–Crippen MR) is 194 cm³/mol. The van der Waals surface area contributed by atoms with Crippen molar-refractivity contribution in [1.82, 2.24) is 4.90 Å². The molecule has 0 aromatic heterocycles. The molecule has 0 heterocycles. The van der Waals surface area contributed by atoms with E-state index in [-0.39, 0.29) is 35.7 Å². The lowest BCUT2D eigenvalue weighted by Gasteiger charge is -2.73. The number of carboxylic acid groups (broad SMARTS) is 1. The van der Waals surface area contributed by atoms with Crippen molar-refractivity contribution >= 4 is 11.9 Å². The van der Waals surface area contributed by atoms with E-state index in [2.05, 4.69) is 60.1 Å². The zero-order chi connectivity index (χ0) is 35.1. The van der Waals surface area contributed by atoms with Gasteiger partial charge >= 0.3 is 11.9 Å². The van der Waals surface area contributed by atoms with E-state index >= 15 is 0 Å². The van der Waals surface area contributed by atoms with Crippen LogP contribution in [0.15, 0.2) is 12.2 Å². The quantitative estimate of drug-likeness (QED) is 0.176. The van der Waals surface area contributed by atoms with Gasteiger partial charge in [0, 0.05) is 12.0 Å². The number of carboxylic acids is 1. The third kappa shape index (κ3) is 6.04. The van der Waals surface area contributed by atoms with Crippen LogP contribution >= 0.6 is 0 Å². The second-order valence-corrected chi connectivity index (χ2v) is 20.8. The Morgan fingerprint density at radius 2 is 1.56 bits per heavy atom. The summed E-state index contributed by atoms with van der Waals surface area (Å²) in [5, 5.41) is 9.34. The van der Waals surface area contributed by atoms with Gasteiger partial charge in [-0.1, -0.05) is 60.6 Å². The Hall–Kier alpha value is -1.36. The monoisotopic (exact) mass is 666 g/mol. The molecule has 5 heteroatoms. The fourth-order valence-electron chi connectivity index (χ4n) is 14.2. The molecule has 6 rings (SSSR count). The number of rotatable bonds is 11. The number of hydrogen-bond acceptors (Lipinski definition) is 4. The van der Waals surface area contributed by atoms with E-state index < -0.39 is 11.4 Å². The van der Waals surface area contributed by atoms with Gasteiger partial charge in [0.15, 0.2) is 0 Å². The van der Waals surface area contributed by atoms with Crippen LogP contribution in [0.2, 0.25) is 0 Å². The van der Waals surface area contributed by atoms with E-state index in [1.165, 1.54) is 89.3 Å². The van der Waals surface area contributed by atoms with E-state index in [0.717, 1.165) is 30.6 Å². The molecule has 0 aromatic rings. The summed E-state index contributed by atoms with van der Waals surface area (Å²) in [6.07, 6.45) is 17.0. The van der Waals surface area contributed by atoms with Crippen molar-refractivity contribution in [1.29, 1.82) is 0 Å². The van der Waals surface area contributed by atoms with E-state index in [9.17, 15) is 14.7 Å². The van der Waals surface area contributed by atoms with Gasteiger partial charge in [-0.05, 0) is 167 Å². The molecule has 272 valence electrons. The molecule has 0 bridgehead atoms. The van der Waals surface area contributed by atoms with Gasteiger partial charge in [-0.3, -0.25) is 9.59 Å². The van der Waals surface area contributed by atoms with Gasteiger partial charge < -0.3 is 14.7 Å². The number of carbonyl (C=O) groups is 2. The number of hydrogen-bond donors (Lipinski definition) is 1. The van der Waals surface area contributed by atoms with Crippen LogP contribution in [-0.2, 0) is 14.3 Å². The van der Waals surface area contributed by atoms with Crippen molar-refractivity contribution in [3.05, 3.63) is 12.2 Å². The van der Waals surface area contributed by atoms with Crippen LogP contribution < -0.4 is 0 Å². The largest absolute Gasteiger partial charge is 0.481 e. The lowest BCUT2D eigenvalue weighted by atomic mass is 9.32. The second-order valence-electron chi connectivity index (χ2n) is 20.8. The first-order valence-corrected chi connectivity index (χ1v) is 20.0. The average Bonchev–Trinajstić information content (AvgIpc) is 3.69. The Bertz CT molecular complexity index is 1270. The lowest BCUT2D eigenvalue weighted by molar-refractivity contribution is -0.250. The zero-order valence-corrected chi connectivity index (χ0v) is 32.4. The highest BCUT2D eigenvalue weighted by Crippen LogP contribution is 2.78. The third-order valence-electron chi connectivity index (χ3n) is 17.0. The minimum atomic E-state index is -0.863. The molecule has 1 N–H and O–H groups in total. The molecular formula is C43H71NO4. The van der Waals surface area contributed by atoms with Gasteiger partial charge in [0.25, 0.3) is 0 Å². The highest BCUT2D eigenvalue weighted by atomic mass is 16.5. The standard InChI is InChI=1S/C43H71NO4/c1-28(2)30-15-20-43(23-24-44(10)27-29-11-12-29)22-21-41(8)31(37(30)43)13-14-33-40(7)18-17-34(39(5,6)32(40)16-19-42(33,41)9)48-36(47)26-38(3,4)25-35(45)46/h29-34,37H,1,11-27H2,2-10H3,(H,45,46)/t30?,31-,32?,33?,34?,37?,40+,41-,42-,43-/m1/s1.